The summed E-state index contributed by atoms with van der Waals surface area (Å²) >= 11 is 1.29. The summed E-state index contributed by atoms with van der Waals surface area (Å²) in [6.45, 7) is 3.43. The number of aliphatic carboxylic acids is 1. The van der Waals surface area contributed by atoms with Crippen molar-refractivity contribution in [2.45, 2.75) is 25.8 Å². The number of rotatable bonds is 4. The van der Waals surface area contributed by atoms with Crippen molar-refractivity contribution in [3.8, 4) is 0 Å². The highest BCUT2D eigenvalue weighted by molar-refractivity contribution is 7.13. The van der Waals surface area contributed by atoms with Crippen LogP contribution in [0.15, 0.2) is 5.51 Å². The van der Waals surface area contributed by atoms with Gasteiger partial charge >= 0.3 is 5.97 Å². The molecule has 13 heavy (non-hydrogen) atoms. The summed E-state index contributed by atoms with van der Waals surface area (Å²) in [5, 5.41) is 19.6. The van der Waals surface area contributed by atoms with Crippen molar-refractivity contribution in [1.29, 1.82) is 0 Å². The number of carbonyl (C=O) groups is 1. The van der Waals surface area contributed by atoms with E-state index < -0.39 is 11.5 Å². The third kappa shape index (κ3) is 2.15. The number of aromatic nitrogens is 2. The molecule has 0 bridgehead atoms. The van der Waals surface area contributed by atoms with Crippen molar-refractivity contribution < 1.29 is 9.90 Å². The van der Waals surface area contributed by atoms with E-state index in [1.807, 2.05) is 6.92 Å². The third-order valence-electron chi connectivity index (χ3n) is 1.92. The summed E-state index contributed by atoms with van der Waals surface area (Å²) in [5.41, 5.74) is 0.597. The Labute approximate surface area is 79.8 Å². The zero-order valence-corrected chi connectivity index (χ0v) is 8.26. The molecule has 5 nitrogen and oxygen atoms in total. The molecule has 0 fully saturated rings. The van der Waals surface area contributed by atoms with Crippen LogP contribution in [0.5, 0.6) is 0 Å². The highest BCUT2D eigenvalue weighted by Gasteiger charge is 2.31. The molecule has 1 aromatic heterocycles. The summed E-state index contributed by atoms with van der Waals surface area (Å²) in [7, 11) is 0. The number of hydrogen-bond acceptors (Lipinski definition) is 5. The monoisotopic (exact) mass is 201 g/mol. The first kappa shape index (κ1) is 9.91. The van der Waals surface area contributed by atoms with Gasteiger partial charge in [-0.2, -0.15) is 0 Å². The first-order chi connectivity index (χ1) is 6.08. The Kier molecular flexibility index (Phi) is 2.82. The van der Waals surface area contributed by atoms with Crippen LogP contribution in [0.1, 0.15) is 20.3 Å². The maximum Gasteiger partial charge on any atom is 0.329 e. The quantitative estimate of drug-likeness (QED) is 0.765. The van der Waals surface area contributed by atoms with Gasteiger partial charge in [-0.3, -0.25) is 0 Å². The lowest BCUT2D eigenvalue weighted by atomic mass is 10.00. The zero-order valence-electron chi connectivity index (χ0n) is 7.44. The molecular weight excluding hydrogens is 190 g/mol. The molecule has 0 saturated carbocycles. The maximum absolute atomic E-state index is 10.9. The van der Waals surface area contributed by atoms with Gasteiger partial charge in [0.25, 0.3) is 0 Å². The van der Waals surface area contributed by atoms with Crippen molar-refractivity contribution in [3.05, 3.63) is 5.51 Å². The highest BCUT2D eigenvalue weighted by atomic mass is 32.1. The second kappa shape index (κ2) is 3.69. The molecule has 0 aliphatic carbocycles. The van der Waals surface area contributed by atoms with Crippen molar-refractivity contribution in [2.75, 3.05) is 5.32 Å². The van der Waals surface area contributed by atoms with E-state index in [9.17, 15) is 4.79 Å². The van der Waals surface area contributed by atoms with Crippen LogP contribution in [0, 0.1) is 0 Å². The minimum Gasteiger partial charge on any atom is -0.480 e. The standard InChI is InChI=1S/C7H11N3O2S/c1-3-7(2,5(11)12)9-6-10-8-4-13-6/h4H,3H2,1-2H3,(H,9,10)(H,11,12). The third-order valence-corrected chi connectivity index (χ3v) is 2.53. The Hall–Kier alpha value is -1.17. The fourth-order valence-corrected chi connectivity index (χ4v) is 1.33. The second-order valence-corrected chi connectivity index (χ2v) is 3.69. The Morgan fingerprint density at radius 1 is 1.85 bits per heavy atom. The molecule has 0 spiro atoms. The Bertz CT molecular complexity index is 288. The SMILES string of the molecule is CCC(C)(Nc1nncs1)C(=O)O. The fraction of sp³-hybridized carbons (Fsp3) is 0.571. The molecular formula is C7H11N3O2S. The van der Waals surface area contributed by atoms with E-state index in [2.05, 4.69) is 15.5 Å². The summed E-state index contributed by atoms with van der Waals surface area (Å²) in [4.78, 5) is 10.9. The zero-order chi connectivity index (χ0) is 9.90. The van der Waals surface area contributed by atoms with Gasteiger partial charge in [0.05, 0.1) is 0 Å². The Morgan fingerprint density at radius 2 is 2.54 bits per heavy atom. The minimum absolute atomic E-state index is 0.488. The molecule has 0 aliphatic rings. The molecule has 1 unspecified atom stereocenters. The van der Waals surface area contributed by atoms with E-state index in [0.717, 1.165) is 0 Å². The van der Waals surface area contributed by atoms with E-state index in [-0.39, 0.29) is 0 Å². The van der Waals surface area contributed by atoms with Crippen LogP contribution < -0.4 is 5.32 Å². The highest BCUT2D eigenvalue weighted by Crippen LogP contribution is 2.19. The van der Waals surface area contributed by atoms with Gasteiger partial charge in [-0.25, -0.2) is 4.79 Å². The van der Waals surface area contributed by atoms with Crippen LogP contribution in [0.3, 0.4) is 0 Å². The smallest absolute Gasteiger partial charge is 0.329 e. The first-order valence-electron chi connectivity index (χ1n) is 3.86. The fourth-order valence-electron chi connectivity index (χ4n) is 0.757. The predicted molar refractivity (Wildman–Crippen MR) is 49.9 cm³/mol. The van der Waals surface area contributed by atoms with E-state index in [1.54, 1.807) is 12.4 Å². The molecule has 0 amide bonds. The van der Waals surface area contributed by atoms with Gasteiger partial charge in [0, 0.05) is 0 Å². The number of carboxylic acid groups (broad SMARTS) is 1. The molecule has 1 atom stereocenters. The van der Waals surface area contributed by atoms with Gasteiger partial charge in [-0.1, -0.05) is 18.3 Å². The maximum atomic E-state index is 10.9. The van der Waals surface area contributed by atoms with Crippen LogP contribution in [-0.4, -0.2) is 26.8 Å². The number of nitrogens with zero attached hydrogens (tertiary/aromatic N) is 2. The van der Waals surface area contributed by atoms with Gasteiger partial charge in [-0.05, 0) is 13.3 Å². The number of anilines is 1. The predicted octanol–water partition coefficient (Wildman–Crippen LogP) is 1.20. The van der Waals surface area contributed by atoms with Gasteiger partial charge in [-0.15, -0.1) is 10.2 Å². The lowest BCUT2D eigenvalue weighted by Crippen LogP contribution is -2.42. The molecule has 6 heteroatoms. The van der Waals surface area contributed by atoms with E-state index in [0.29, 0.717) is 11.6 Å². The van der Waals surface area contributed by atoms with Crippen LogP contribution in [0.25, 0.3) is 0 Å². The average Bonchev–Trinajstić information content (AvgIpc) is 2.56. The minimum atomic E-state index is -0.959. The number of hydrogen-bond donors (Lipinski definition) is 2. The average molecular weight is 201 g/mol. The second-order valence-electron chi connectivity index (χ2n) is 2.86. The molecule has 0 radical (unpaired) electrons. The molecule has 1 aromatic rings. The first-order valence-corrected chi connectivity index (χ1v) is 4.74. The van der Waals surface area contributed by atoms with Crippen LogP contribution in [-0.2, 0) is 4.79 Å². The van der Waals surface area contributed by atoms with Crippen molar-refractivity contribution in [2.24, 2.45) is 0 Å². The molecule has 1 heterocycles. The van der Waals surface area contributed by atoms with Crippen molar-refractivity contribution in [3.63, 3.8) is 0 Å². The van der Waals surface area contributed by atoms with Crippen LogP contribution in [0.2, 0.25) is 0 Å². The molecule has 1 rings (SSSR count). The molecule has 0 aromatic carbocycles. The lowest BCUT2D eigenvalue weighted by molar-refractivity contribution is -0.141. The molecule has 0 saturated heterocycles. The molecule has 2 N–H and O–H groups in total. The Balaban J connectivity index is 2.75. The summed E-state index contributed by atoms with van der Waals surface area (Å²) in [6, 6.07) is 0. The van der Waals surface area contributed by atoms with Crippen LogP contribution >= 0.6 is 11.3 Å². The van der Waals surface area contributed by atoms with E-state index in [4.69, 9.17) is 5.11 Å². The molecule has 0 aliphatic heterocycles. The lowest BCUT2D eigenvalue weighted by Gasteiger charge is -2.23. The van der Waals surface area contributed by atoms with Crippen molar-refractivity contribution in [1.82, 2.24) is 10.2 Å². The van der Waals surface area contributed by atoms with Gasteiger partial charge in [0.1, 0.15) is 11.0 Å². The number of carboxylic acids is 1. The Morgan fingerprint density at radius 3 is 2.92 bits per heavy atom. The largest absolute Gasteiger partial charge is 0.480 e. The van der Waals surface area contributed by atoms with Gasteiger partial charge in [0.2, 0.25) is 5.13 Å². The van der Waals surface area contributed by atoms with Crippen molar-refractivity contribution >= 4 is 22.4 Å². The summed E-state index contributed by atoms with van der Waals surface area (Å²) in [5.74, 6) is -0.884. The summed E-state index contributed by atoms with van der Waals surface area (Å²) in [6.07, 6.45) is 0.488. The number of nitrogens with one attached hydrogen (secondary N) is 1. The van der Waals surface area contributed by atoms with Gasteiger partial charge in [0.15, 0.2) is 0 Å². The summed E-state index contributed by atoms with van der Waals surface area (Å²) < 4.78 is 0. The topological polar surface area (TPSA) is 75.1 Å². The van der Waals surface area contributed by atoms with Gasteiger partial charge < -0.3 is 10.4 Å². The van der Waals surface area contributed by atoms with E-state index in [1.165, 1.54) is 11.3 Å². The van der Waals surface area contributed by atoms with E-state index >= 15 is 0 Å². The molecule has 72 valence electrons. The normalized spacial score (nSPS) is 14.9. The van der Waals surface area contributed by atoms with Crippen LogP contribution in [0.4, 0.5) is 5.13 Å².